The number of hydrogen-bond donors (Lipinski definition) is 1. The molecule has 0 saturated carbocycles. The molecule has 0 radical (unpaired) electrons. The molecule has 0 spiro atoms. The van der Waals surface area contributed by atoms with Crippen LogP contribution in [0.2, 0.25) is 0 Å². The number of hydrogen-bond acceptors (Lipinski definition) is 3. The van der Waals surface area contributed by atoms with E-state index in [1.807, 2.05) is 32.6 Å². The van der Waals surface area contributed by atoms with Crippen LogP contribution in [-0.4, -0.2) is 28.3 Å². The van der Waals surface area contributed by atoms with Crippen LogP contribution in [0, 0.1) is 5.82 Å². The van der Waals surface area contributed by atoms with Gasteiger partial charge in [-0.2, -0.15) is 5.10 Å². The maximum Gasteiger partial charge on any atom is 0.123 e. The second kappa shape index (κ2) is 5.95. The molecule has 0 bridgehead atoms. The zero-order valence-electron chi connectivity index (χ0n) is 11.3. The van der Waals surface area contributed by atoms with Crippen LogP contribution in [0.4, 0.5) is 4.39 Å². The highest BCUT2D eigenvalue weighted by Crippen LogP contribution is 2.20. The minimum absolute atomic E-state index is 0.00379. The first-order chi connectivity index (χ1) is 9.10. The lowest BCUT2D eigenvalue weighted by molar-refractivity contribution is 0.241. The second-order valence-electron chi connectivity index (χ2n) is 4.74. The van der Waals surface area contributed by atoms with Gasteiger partial charge in [-0.1, -0.05) is 12.1 Å². The molecule has 1 heterocycles. The van der Waals surface area contributed by atoms with Gasteiger partial charge < -0.3 is 5.73 Å². The standard InChI is InChI=1S/C14H19FN4/c1-18(9-11-8-17-19(2)10-11)14(7-16)12-4-3-5-13(15)6-12/h3-6,8,10,14H,7,9,16H2,1-2H3. The highest BCUT2D eigenvalue weighted by molar-refractivity contribution is 5.21. The van der Waals surface area contributed by atoms with Gasteiger partial charge in [0, 0.05) is 37.9 Å². The topological polar surface area (TPSA) is 47.1 Å². The maximum absolute atomic E-state index is 13.3. The lowest BCUT2D eigenvalue weighted by Crippen LogP contribution is -2.30. The number of rotatable bonds is 5. The maximum atomic E-state index is 13.3. The molecule has 0 amide bonds. The first kappa shape index (κ1) is 13.7. The van der Waals surface area contributed by atoms with E-state index in [1.165, 1.54) is 12.1 Å². The molecule has 102 valence electrons. The minimum atomic E-state index is -0.231. The zero-order valence-corrected chi connectivity index (χ0v) is 11.3. The third-order valence-electron chi connectivity index (χ3n) is 3.18. The normalized spacial score (nSPS) is 12.9. The molecular weight excluding hydrogens is 243 g/mol. The third kappa shape index (κ3) is 3.39. The molecule has 1 unspecified atom stereocenters. The third-order valence-corrected chi connectivity index (χ3v) is 3.18. The molecule has 2 aromatic rings. The van der Waals surface area contributed by atoms with Crippen LogP contribution in [0.5, 0.6) is 0 Å². The number of aryl methyl sites for hydroxylation is 1. The Balaban J connectivity index is 2.12. The summed E-state index contributed by atoms with van der Waals surface area (Å²) in [6, 6.07) is 6.59. The van der Waals surface area contributed by atoms with Crippen LogP contribution in [0.15, 0.2) is 36.7 Å². The van der Waals surface area contributed by atoms with Gasteiger partial charge in [0.2, 0.25) is 0 Å². The van der Waals surface area contributed by atoms with E-state index in [0.29, 0.717) is 6.54 Å². The summed E-state index contributed by atoms with van der Waals surface area (Å²) >= 11 is 0. The van der Waals surface area contributed by atoms with Crippen molar-refractivity contribution in [2.24, 2.45) is 12.8 Å². The average molecular weight is 262 g/mol. The predicted molar refractivity (Wildman–Crippen MR) is 72.9 cm³/mol. The Morgan fingerprint density at radius 2 is 2.26 bits per heavy atom. The fraction of sp³-hybridized carbons (Fsp3) is 0.357. The smallest absolute Gasteiger partial charge is 0.123 e. The van der Waals surface area contributed by atoms with Crippen molar-refractivity contribution in [3.05, 3.63) is 53.6 Å². The molecule has 0 aliphatic rings. The van der Waals surface area contributed by atoms with E-state index >= 15 is 0 Å². The number of halogens is 1. The number of benzene rings is 1. The van der Waals surface area contributed by atoms with Gasteiger partial charge in [-0.15, -0.1) is 0 Å². The van der Waals surface area contributed by atoms with Crippen LogP contribution in [0.25, 0.3) is 0 Å². The SMILES string of the molecule is CN(Cc1cnn(C)c1)C(CN)c1cccc(F)c1. The molecule has 5 heteroatoms. The van der Waals surface area contributed by atoms with E-state index in [1.54, 1.807) is 10.7 Å². The Morgan fingerprint density at radius 3 is 2.84 bits per heavy atom. The summed E-state index contributed by atoms with van der Waals surface area (Å²) in [5.41, 5.74) is 7.84. The van der Waals surface area contributed by atoms with Crippen LogP contribution in [0.1, 0.15) is 17.2 Å². The molecule has 1 aromatic carbocycles. The van der Waals surface area contributed by atoms with Crippen molar-refractivity contribution in [3.63, 3.8) is 0 Å². The Kier molecular flexibility index (Phi) is 4.29. The monoisotopic (exact) mass is 262 g/mol. The van der Waals surface area contributed by atoms with Crippen molar-refractivity contribution in [1.29, 1.82) is 0 Å². The van der Waals surface area contributed by atoms with Crippen molar-refractivity contribution >= 4 is 0 Å². The lowest BCUT2D eigenvalue weighted by Gasteiger charge is -2.27. The predicted octanol–water partition coefficient (Wildman–Crippen LogP) is 1.69. The number of likely N-dealkylation sites (N-methyl/N-ethyl adjacent to an activating group) is 1. The number of nitrogens with two attached hydrogens (primary N) is 1. The molecule has 1 atom stereocenters. The summed E-state index contributed by atoms with van der Waals surface area (Å²) in [7, 11) is 3.87. The zero-order chi connectivity index (χ0) is 13.8. The average Bonchev–Trinajstić information content (AvgIpc) is 2.75. The molecule has 0 aliphatic carbocycles. The van der Waals surface area contributed by atoms with Crippen molar-refractivity contribution in [2.45, 2.75) is 12.6 Å². The summed E-state index contributed by atoms with van der Waals surface area (Å²) < 4.78 is 15.1. The van der Waals surface area contributed by atoms with E-state index in [9.17, 15) is 4.39 Å². The summed E-state index contributed by atoms with van der Waals surface area (Å²) in [6.07, 6.45) is 3.80. The Labute approximate surface area is 112 Å². The first-order valence-corrected chi connectivity index (χ1v) is 6.23. The van der Waals surface area contributed by atoms with E-state index in [2.05, 4.69) is 10.00 Å². The fourth-order valence-electron chi connectivity index (χ4n) is 2.24. The fourth-order valence-corrected chi connectivity index (χ4v) is 2.24. The molecule has 0 aliphatic heterocycles. The van der Waals surface area contributed by atoms with E-state index in [4.69, 9.17) is 5.73 Å². The van der Waals surface area contributed by atoms with Crippen LogP contribution >= 0.6 is 0 Å². The molecule has 19 heavy (non-hydrogen) atoms. The summed E-state index contributed by atoms with van der Waals surface area (Å²) in [5.74, 6) is -0.231. The lowest BCUT2D eigenvalue weighted by atomic mass is 10.1. The van der Waals surface area contributed by atoms with Gasteiger partial charge in [-0.25, -0.2) is 4.39 Å². The molecule has 0 saturated heterocycles. The Morgan fingerprint density at radius 1 is 1.47 bits per heavy atom. The highest BCUT2D eigenvalue weighted by Gasteiger charge is 2.16. The van der Waals surface area contributed by atoms with Gasteiger partial charge in [-0.3, -0.25) is 9.58 Å². The molecule has 4 nitrogen and oxygen atoms in total. The van der Waals surface area contributed by atoms with Gasteiger partial charge in [0.1, 0.15) is 5.82 Å². The van der Waals surface area contributed by atoms with Crippen LogP contribution < -0.4 is 5.73 Å². The Bertz CT molecular complexity index is 538. The molecule has 1 aromatic heterocycles. The van der Waals surface area contributed by atoms with Crippen molar-refractivity contribution in [2.75, 3.05) is 13.6 Å². The first-order valence-electron chi connectivity index (χ1n) is 6.23. The van der Waals surface area contributed by atoms with Crippen molar-refractivity contribution in [3.8, 4) is 0 Å². The van der Waals surface area contributed by atoms with Gasteiger partial charge in [0.25, 0.3) is 0 Å². The summed E-state index contributed by atoms with van der Waals surface area (Å²) in [6.45, 7) is 1.17. The van der Waals surface area contributed by atoms with Gasteiger partial charge >= 0.3 is 0 Å². The van der Waals surface area contributed by atoms with Gasteiger partial charge in [-0.05, 0) is 24.7 Å². The molecular formula is C14H19FN4. The molecule has 2 rings (SSSR count). The van der Waals surface area contributed by atoms with E-state index < -0.39 is 0 Å². The van der Waals surface area contributed by atoms with Gasteiger partial charge in [0.05, 0.1) is 6.20 Å². The van der Waals surface area contributed by atoms with Crippen LogP contribution in [0.3, 0.4) is 0 Å². The minimum Gasteiger partial charge on any atom is -0.329 e. The van der Waals surface area contributed by atoms with E-state index in [0.717, 1.165) is 17.7 Å². The van der Waals surface area contributed by atoms with Crippen LogP contribution in [-0.2, 0) is 13.6 Å². The summed E-state index contributed by atoms with van der Waals surface area (Å²) in [4.78, 5) is 2.10. The molecule has 2 N–H and O–H groups in total. The quantitative estimate of drug-likeness (QED) is 0.892. The van der Waals surface area contributed by atoms with Crippen molar-refractivity contribution in [1.82, 2.24) is 14.7 Å². The number of aromatic nitrogens is 2. The molecule has 0 fully saturated rings. The number of nitrogens with zero attached hydrogens (tertiary/aromatic N) is 3. The van der Waals surface area contributed by atoms with Crippen molar-refractivity contribution < 1.29 is 4.39 Å². The van der Waals surface area contributed by atoms with Gasteiger partial charge in [0.15, 0.2) is 0 Å². The Hall–Kier alpha value is -1.72. The second-order valence-corrected chi connectivity index (χ2v) is 4.74. The highest BCUT2D eigenvalue weighted by atomic mass is 19.1. The van der Waals surface area contributed by atoms with E-state index in [-0.39, 0.29) is 11.9 Å². The summed E-state index contributed by atoms with van der Waals surface area (Å²) in [5, 5.41) is 4.14. The largest absolute Gasteiger partial charge is 0.329 e.